The summed E-state index contributed by atoms with van der Waals surface area (Å²) >= 11 is 5.92. The van der Waals surface area contributed by atoms with E-state index in [1.165, 1.54) is 0 Å². The quantitative estimate of drug-likeness (QED) is 0.825. The molecule has 0 aliphatic heterocycles. The lowest BCUT2D eigenvalue weighted by Crippen LogP contribution is -2.06. The molecule has 0 fully saturated rings. The number of anilines is 2. The Hall–Kier alpha value is -1.88. The van der Waals surface area contributed by atoms with E-state index in [1.807, 2.05) is 32.9 Å². The zero-order valence-corrected chi connectivity index (χ0v) is 12.8. The Balaban J connectivity index is 0.000000956. The molecule has 0 aliphatic carbocycles. The predicted molar refractivity (Wildman–Crippen MR) is 84.1 cm³/mol. The molecule has 0 aromatic carbocycles. The highest BCUT2D eigenvalue weighted by Gasteiger charge is 2.02. The highest BCUT2D eigenvalue weighted by molar-refractivity contribution is 6.29. The van der Waals surface area contributed by atoms with Crippen LogP contribution in [0.3, 0.4) is 0 Å². The number of hydrogen-bond donors (Lipinski definition) is 2. The van der Waals surface area contributed by atoms with E-state index >= 15 is 0 Å². The minimum absolute atomic E-state index is 0.412. The third-order valence-electron chi connectivity index (χ3n) is 2.23. The first-order valence-corrected chi connectivity index (χ1v) is 7.07. The molecule has 0 unspecified atom stereocenters. The second-order valence-electron chi connectivity index (χ2n) is 3.64. The molecule has 6 heteroatoms. The Labute approximate surface area is 124 Å². The van der Waals surface area contributed by atoms with E-state index in [2.05, 4.69) is 25.6 Å². The van der Waals surface area contributed by atoms with Gasteiger partial charge in [0, 0.05) is 31.5 Å². The number of halogens is 1. The first-order valence-electron chi connectivity index (χ1n) is 6.69. The Morgan fingerprint density at radius 1 is 1.20 bits per heavy atom. The summed E-state index contributed by atoms with van der Waals surface area (Å²) in [5.74, 6) is 1.22. The van der Waals surface area contributed by atoms with Gasteiger partial charge in [0.2, 0.25) is 5.95 Å². The maximum Gasteiger partial charge on any atom is 0.226 e. The van der Waals surface area contributed by atoms with Crippen LogP contribution in [0.5, 0.6) is 0 Å². The minimum Gasteiger partial charge on any atom is -0.366 e. The fraction of sp³-hybridized carbons (Fsp3) is 0.357. The summed E-state index contributed by atoms with van der Waals surface area (Å²) < 4.78 is 0. The van der Waals surface area contributed by atoms with E-state index < -0.39 is 0 Å². The van der Waals surface area contributed by atoms with Crippen molar-refractivity contribution < 1.29 is 0 Å². The Bertz CT molecular complexity index is 504. The number of aromatic nitrogens is 3. The van der Waals surface area contributed by atoms with Crippen LogP contribution in [0.15, 0.2) is 30.6 Å². The summed E-state index contributed by atoms with van der Waals surface area (Å²) in [7, 11) is 0. The molecule has 0 saturated carbocycles. The number of nitrogens with one attached hydrogen (secondary N) is 2. The number of rotatable bonds is 5. The van der Waals surface area contributed by atoms with Crippen LogP contribution in [0, 0.1) is 0 Å². The largest absolute Gasteiger partial charge is 0.366 e. The van der Waals surface area contributed by atoms with Crippen LogP contribution >= 0.6 is 11.6 Å². The molecule has 2 N–H and O–H groups in total. The van der Waals surface area contributed by atoms with Crippen LogP contribution in [0.4, 0.5) is 11.8 Å². The number of hydrogen-bond acceptors (Lipinski definition) is 5. The van der Waals surface area contributed by atoms with Gasteiger partial charge in [-0.05, 0) is 18.6 Å². The monoisotopic (exact) mass is 293 g/mol. The van der Waals surface area contributed by atoms with Crippen molar-refractivity contribution in [2.45, 2.75) is 27.3 Å². The summed E-state index contributed by atoms with van der Waals surface area (Å²) in [4.78, 5) is 12.4. The summed E-state index contributed by atoms with van der Waals surface area (Å²) in [6.07, 6.45) is 3.55. The van der Waals surface area contributed by atoms with Crippen molar-refractivity contribution >= 4 is 23.4 Å². The first kappa shape index (κ1) is 16.2. The van der Waals surface area contributed by atoms with Gasteiger partial charge >= 0.3 is 0 Å². The maximum absolute atomic E-state index is 5.92. The molecular formula is C14H20ClN5. The topological polar surface area (TPSA) is 62.7 Å². The van der Waals surface area contributed by atoms with E-state index in [-0.39, 0.29) is 0 Å². The van der Waals surface area contributed by atoms with Gasteiger partial charge in [0.25, 0.3) is 0 Å². The molecule has 0 saturated heterocycles. The van der Waals surface area contributed by atoms with E-state index in [4.69, 9.17) is 11.6 Å². The molecule has 0 bridgehead atoms. The van der Waals surface area contributed by atoms with Crippen molar-refractivity contribution in [3.63, 3.8) is 0 Å². The Kier molecular flexibility index (Phi) is 7.35. The third kappa shape index (κ3) is 5.40. The standard InChI is InChI=1S/C12H14ClN5.C2H6/c1-2-15-12-17-10(13)6-11(18-12)16-8-9-4-3-5-14-7-9;1-2/h3-7H,2,8H2,1H3,(H2,15,16,17,18);1-2H3. The fourth-order valence-electron chi connectivity index (χ4n) is 1.44. The van der Waals surface area contributed by atoms with Gasteiger partial charge in [-0.25, -0.2) is 4.98 Å². The van der Waals surface area contributed by atoms with E-state index in [9.17, 15) is 0 Å². The second kappa shape index (κ2) is 9.09. The average molecular weight is 294 g/mol. The lowest BCUT2D eigenvalue weighted by molar-refractivity contribution is 1.05. The number of nitrogens with zero attached hydrogens (tertiary/aromatic N) is 3. The van der Waals surface area contributed by atoms with Gasteiger partial charge in [0.1, 0.15) is 11.0 Å². The van der Waals surface area contributed by atoms with Crippen LogP contribution in [0.1, 0.15) is 26.3 Å². The zero-order chi connectivity index (χ0) is 14.8. The molecular weight excluding hydrogens is 274 g/mol. The van der Waals surface area contributed by atoms with E-state index in [1.54, 1.807) is 18.5 Å². The van der Waals surface area contributed by atoms with Gasteiger partial charge in [-0.1, -0.05) is 31.5 Å². The van der Waals surface area contributed by atoms with Crippen LogP contribution in [-0.4, -0.2) is 21.5 Å². The zero-order valence-electron chi connectivity index (χ0n) is 12.0. The van der Waals surface area contributed by atoms with Crippen LogP contribution in [-0.2, 0) is 6.54 Å². The van der Waals surface area contributed by atoms with Crippen molar-refractivity contribution in [1.82, 2.24) is 15.0 Å². The van der Waals surface area contributed by atoms with Gasteiger partial charge in [0.15, 0.2) is 0 Å². The summed E-state index contributed by atoms with van der Waals surface area (Å²) in [6.45, 7) is 7.38. The normalized spacial score (nSPS) is 9.40. The van der Waals surface area contributed by atoms with Crippen LogP contribution in [0.25, 0.3) is 0 Å². The predicted octanol–water partition coefficient (Wildman–Crippen LogP) is 3.60. The van der Waals surface area contributed by atoms with Gasteiger partial charge in [-0.2, -0.15) is 4.98 Å². The van der Waals surface area contributed by atoms with Crippen molar-refractivity contribution in [2.75, 3.05) is 17.2 Å². The molecule has 2 rings (SSSR count). The Morgan fingerprint density at radius 2 is 2.00 bits per heavy atom. The van der Waals surface area contributed by atoms with Gasteiger partial charge in [0.05, 0.1) is 0 Å². The van der Waals surface area contributed by atoms with Crippen LogP contribution < -0.4 is 10.6 Å². The maximum atomic E-state index is 5.92. The van der Waals surface area contributed by atoms with E-state index in [0.717, 1.165) is 12.1 Å². The van der Waals surface area contributed by atoms with Crippen molar-refractivity contribution in [1.29, 1.82) is 0 Å². The van der Waals surface area contributed by atoms with Gasteiger partial charge in [-0.15, -0.1) is 0 Å². The lowest BCUT2D eigenvalue weighted by atomic mass is 10.3. The third-order valence-corrected chi connectivity index (χ3v) is 2.42. The molecule has 5 nitrogen and oxygen atoms in total. The minimum atomic E-state index is 0.412. The van der Waals surface area contributed by atoms with Gasteiger partial charge < -0.3 is 10.6 Å². The molecule has 0 aliphatic rings. The highest BCUT2D eigenvalue weighted by atomic mass is 35.5. The Morgan fingerprint density at radius 3 is 2.65 bits per heavy atom. The summed E-state index contributed by atoms with van der Waals surface area (Å²) in [5, 5.41) is 6.62. The molecule has 2 heterocycles. The van der Waals surface area contributed by atoms with E-state index in [0.29, 0.717) is 23.5 Å². The van der Waals surface area contributed by atoms with Crippen LogP contribution in [0.2, 0.25) is 5.15 Å². The second-order valence-corrected chi connectivity index (χ2v) is 4.03. The van der Waals surface area contributed by atoms with Crippen molar-refractivity contribution in [2.24, 2.45) is 0 Å². The summed E-state index contributed by atoms with van der Waals surface area (Å²) in [6, 6.07) is 5.58. The fourth-order valence-corrected chi connectivity index (χ4v) is 1.62. The molecule has 0 radical (unpaired) electrons. The SMILES string of the molecule is CC.CCNc1nc(Cl)cc(NCc2cccnc2)n1. The molecule has 0 spiro atoms. The molecule has 0 amide bonds. The summed E-state index contributed by atoms with van der Waals surface area (Å²) in [5.41, 5.74) is 1.08. The smallest absolute Gasteiger partial charge is 0.226 e. The lowest BCUT2D eigenvalue weighted by Gasteiger charge is -2.08. The molecule has 108 valence electrons. The van der Waals surface area contributed by atoms with Gasteiger partial charge in [-0.3, -0.25) is 4.98 Å². The molecule has 0 atom stereocenters. The average Bonchev–Trinajstić information content (AvgIpc) is 2.48. The highest BCUT2D eigenvalue weighted by Crippen LogP contribution is 2.14. The van der Waals surface area contributed by atoms with Crippen molar-refractivity contribution in [3.8, 4) is 0 Å². The number of pyridine rings is 1. The molecule has 2 aromatic rings. The molecule has 20 heavy (non-hydrogen) atoms. The first-order chi connectivity index (χ1) is 9.78. The van der Waals surface area contributed by atoms with Crippen molar-refractivity contribution in [3.05, 3.63) is 41.3 Å². The molecule has 2 aromatic heterocycles.